The molecule has 0 aromatic carbocycles. The molecule has 12 heteroatoms. The van der Waals surface area contributed by atoms with Crippen LogP contribution in [0.1, 0.15) is 19.8 Å². The van der Waals surface area contributed by atoms with E-state index in [1.807, 2.05) is 0 Å². The largest absolute Gasteiger partial charge is 0.378 e. The molecule has 2 rings (SSSR count). The van der Waals surface area contributed by atoms with Crippen molar-refractivity contribution < 1.29 is 28.7 Å². The number of ether oxygens (including phenoxy) is 1. The minimum absolute atomic E-state index is 0.125. The Labute approximate surface area is 167 Å². The van der Waals surface area contributed by atoms with Crippen LogP contribution in [0.2, 0.25) is 0 Å². The van der Waals surface area contributed by atoms with E-state index in [1.54, 1.807) is 0 Å². The van der Waals surface area contributed by atoms with Crippen molar-refractivity contribution in [1.82, 2.24) is 26.0 Å². The van der Waals surface area contributed by atoms with Gasteiger partial charge in [-0.05, 0) is 19.8 Å². The van der Waals surface area contributed by atoms with Gasteiger partial charge in [-0.3, -0.25) is 24.6 Å². The van der Waals surface area contributed by atoms with Gasteiger partial charge in [0.1, 0.15) is 12.6 Å². The van der Waals surface area contributed by atoms with Crippen LogP contribution in [0.15, 0.2) is 12.2 Å². The van der Waals surface area contributed by atoms with Gasteiger partial charge in [-0.1, -0.05) is 0 Å². The minimum Gasteiger partial charge on any atom is -0.378 e. The second-order valence-electron chi connectivity index (χ2n) is 6.75. The van der Waals surface area contributed by atoms with Gasteiger partial charge in [0.15, 0.2) is 0 Å². The van der Waals surface area contributed by atoms with Crippen LogP contribution in [-0.4, -0.2) is 84.5 Å². The molecule has 6 amide bonds. The molecule has 29 heavy (non-hydrogen) atoms. The van der Waals surface area contributed by atoms with E-state index in [1.165, 1.54) is 11.8 Å². The number of nitrogens with two attached hydrogens (primary N) is 1. The number of hydrogen-bond acceptors (Lipinski definition) is 6. The number of nitrogens with one attached hydrogen (secondary N) is 3. The summed E-state index contributed by atoms with van der Waals surface area (Å²) in [5.41, 5.74) is 7.35. The highest BCUT2D eigenvalue weighted by atomic mass is 16.5. The summed E-state index contributed by atoms with van der Waals surface area (Å²) in [6.07, 6.45) is 3.74. The van der Waals surface area contributed by atoms with Crippen molar-refractivity contribution in [3.63, 3.8) is 0 Å². The standard InChI is InChI=1S/C17H26N6O6/c1-11(19-17(28)22-6-8-29-9-7-22)16(27)21-23(10-13(18)24)15(26)5-4-14(25)20-12-2-3-12/h4-5,11-12H,2-3,6-10H2,1H3,(H2,18,24)(H,19,28)(H,20,25)(H,21,27)/b5-4+/t11-/m0/s1. The molecule has 5 N–H and O–H groups in total. The number of primary amides is 1. The molecule has 2 aliphatic rings. The lowest BCUT2D eigenvalue weighted by Gasteiger charge is -2.29. The summed E-state index contributed by atoms with van der Waals surface area (Å²) in [6, 6.07) is -1.31. The molecule has 0 aromatic rings. The normalized spacial score (nSPS) is 17.3. The molecule has 1 saturated heterocycles. The van der Waals surface area contributed by atoms with Crippen molar-refractivity contribution in [3.05, 3.63) is 12.2 Å². The predicted molar refractivity (Wildman–Crippen MR) is 99.7 cm³/mol. The fourth-order valence-electron chi connectivity index (χ4n) is 2.38. The first-order valence-electron chi connectivity index (χ1n) is 9.28. The molecular formula is C17H26N6O6. The van der Waals surface area contributed by atoms with E-state index in [0.29, 0.717) is 31.3 Å². The maximum atomic E-state index is 12.3. The van der Waals surface area contributed by atoms with E-state index < -0.39 is 42.2 Å². The molecule has 1 aliphatic heterocycles. The summed E-state index contributed by atoms with van der Waals surface area (Å²) in [4.78, 5) is 61.1. The number of carbonyl (C=O) groups is 5. The van der Waals surface area contributed by atoms with Crippen molar-refractivity contribution in [2.24, 2.45) is 5.73 Å². The Morgan fingerprint density at radius 2 is 1.83 bits per heavy atom. The van der Waals surface area contributed by atoms with Crippen LogP contribution in [0.3, 0.4) is 0 Å². The van der Waals surface area contributed by atoms with Crippen LogP contribution in [0.25, 0.3) is 0 Å². The second-order valence-corrected chi connectivity index (χ2v) is 6.75. The van der Waals surface area contributed by atoms with Gasteiger partial charge >= 0.3 is 6.03 Å². The zero-order valence-corrected chi connectivity index (χ0v) is 16.2. The molecule has 160 valence electrons. The Morgan fingerprint density at radius 3 is 2.41 bits per heavy atom. The SMILES string of the molecule is C[C@H](NC(=O)N1CCOCC1)C(=O)NN(CC(N)=O)C(=O)/C=C/C(=O)NC1CC1. The van der Waals surface area contributed by atoms with Gasteiger partial charge < -0.3 is 26.0 Å². The van der Waals surface area contributed by atoms with Crippen LogP contribution in [0.5, 0.6) is 0 Å². The van der Waals surface area contributed by atoms with Gasteiger partial charge in [0.05, 0.1) is 13.2 Å². The topological polar surface area (TPSA) is 163 Å². The van der Waals surface area contributed by atoms with Crippen molar-refractivity contribution in [3.8, 4) is 0 Å². The van der Waals surface area contributed by atoms with Crippen molar-refractivity contribution in [2.75, 3.05) is 32.8 Å². The Hall–Kier alpha value is -3.15. The second kappa shape index (κ2) is 10.4. The van der Waals surface area contributed by atoms with Crippen molar-refractivity contribution >= 4 is 29.7 Å². The summed E-state index contributed by atoms with van der Waals surface area (Å²) >= 11 is 0. The summed E-state index contributed by atoms with van der Waals surface area (Å²) in [5, 5.41) is 5.86. The molecule has 0 spiro atoms. The van der Waals surface area contributed by atoms with Gasteiger partial charge in [-0.15, -0.1) is 0 Å². The molecule has 1 saturated carbocycles. The molecule has 0 bridgehead atoms. The van der Waals surface area contributed by atoms with Crippen LogP contribution in [-0.2, 0) is 23.9 Å². The fraction of sp³-hybridized carbons (Fsp3) is 0.588. The Morgan fingerprint density at radius 1 is 1.17 bits per heavy atom. The molecule has 0 aromatic heterocycles. The van der Waals surface area contributed by atoms with Gasteiger partial charge in [0.2, 0.25) is 11.8 Å². The average Bonchev–Trinajstić information content (AvgIpc) is 3.49. The average molecular weight is 410 g/mol. The number of carbonyl (C=O) groups excluding carboxylic acids is 5. The number of hydrogen-bond donors (Lipinski definition) is 4. The molecular weight excluding hydrogens is 384 g/mol. The summed E-state index contributed by atoms with van der Waals surface area (Å²) in [5.74, 6) is -2.84. The fourth-order valence-corrected chi connectivity index (χ4v) is 2.38. The van der Waals surface area contributed by atoms with E-state index in [4.69, 9.17) is 10.5 Å². The highest BCUT2D eigenvalue weighted by Crippen LogP contribution is 2.18. The molecule has 12 nitrogen and oxygen atoms in total. The van der Waals surface area contributed by atoms with E-state index in [0.717, 1.165) is 25.0 Å². The number of hydrazine groups is 1. The van der Waals surface area contributed by atoms with Gasteiger partial charge in [-0.25, -0.2) is 9.80 Å². The third-order valence-electron chi connectivity index (χ3n) is 4.16. The summed E-state index contributed by atoms with van der Waals surface area (Å²) in [7, 11) is 0. The third-order valence-corrected chi connectivity index (χ3v) is 4.16. The molecule has 0 unspecified atom stereocenters. The number of urea groups is 1. The first-order valence-corrected chi connectivity index (χ1v) is 9.28. The predicted octanol–water partition coefficient (Wildman–Crippen LogP) is -2.40. The van der Waals surface area contributed by atoms with Gasteiger partial charge in [0, 0.05) is 31.3 Å². The molecule has 1 heterocycles. The van der Waals surface area contributed by atoms with E-state index >= 15 is 0 Å². The smallest absolute Gasteiger partial charge is 0.318 e. The maximum absolute atomic E-state index is 12.3. The number of morpholine rings is 1. The lowest BCUT2D eigenvalue weighted by molar-refractivity contribution is -0.141. The third kappa shape index (κ3) is 7.78. The number of amides is 6. The van der Waals surface area contributed by atoms with E-state index in [2.05, 4.69) is 16.1 Å². The van der Waals surface area contributed by atoms with Gasteiger partial charge in [-0.2, -0.15) is 0 Å². The zero-order chi connectivity index (χ0) is 21.4. The first kappa shape index (κ1) is 22.1. The molecule has 2 fully saturated rings. The monoisotopic (exact) mass is 410 g/mol. The highest BCUT2D eigenvalue weighted by Gasteiger charge is 2.25. The lowest BCUT2D eigenvalue weighted by atomic mass is 10.3. The Bertz CT molecular complexity index is 686. The van der Waals surface area contributed by atoms with Crippen molar-refractivity contribution in [2.45, 2.75) is 31.8 Å². The first-order chi connectivity index (χ1) is 13.8. The van der Waals surface area contributed by atoms with E-state index in [-0.39, 0.29) is 6.04 Å². The summed E-state index contributed by atoms with van der Waals surface area (Å²) in [6.45, 7) is 2.47. The van der Waals surface area contributed by atoms with Crippen molar-refractivity contribution in [1.29, 1.82) is 0 Å². The summed E-state index contributed by atoms with van der Waals surface area (Å²) < 4.78 is 5.16. The number of rotatable bonds is 7. The Kier molecular flexibility index (Phi) is 7.95. The van der Waals surface area contributed by atoms with Crippen LogP contribution >= 0.6 is 0 Å². The maximum Gasteiger partial charge on any atom is 0.318 e. The molecule has 1 atom stereocenters. The molecule has 1 aliphatic carbocycles. The quantitative estimate of drug-likeness (QED) is 0.270. The van der Waals surface area contributed by atoms with Crippen LogP contribution in [0, 0.1) is 0 Å². The van der Waals surface area contributed by atoms with Crippen LogP contribution in [0.4, 0.5) is 4.79 Å². The highest BCUT2D eigenvalue weighted by molar-refractivity contribution is 5.99. The lowest BCUT2D eigenvalue weighted by Crippen LogP contribution is -2.57. The number of nitrogens with zero attached hydrogens (tertiary/aromatic N) is 2. The molecule has 0 radical (unpaired) electrons. The van der Waals surface area contributed by atoms with E-state index in [9.17, 15) is 24.0 Å². The van der Waals surface area contributed by atoms with Crippen LogP contribution < -0.4 is 21.8 Å². The zero-order valence-electron chi connectivity index (χ0n) is 16.2. The Balaban J connectivity index is 1.89. The minimum atomic E-state index is -0.990. The van der Waals surface area contributed by atoms with Gasteiger partial charge in [0.25, 0.3) is 11.8 Å².